The van der Waals surface area contributed by atoms with E-state index in [1.807, 2.05) is 0 Å². The van der Waals surface area contributed by atoms with Crippen LogP contribution in [0.3, 0.4) is 0 Å². The van der Waals surface area contributed by atoms with Gasteiger partial charge in [-0.3, -0.25) is 0 Å². The third-order valence-corrected chi connectivity index (χ3v) is 2.23. The summed E-state index contributed by atoms with van der Waals surface area (Å²) in [7, 11) is 0. The molecule has 0 atom stereocenters. The third kappa shape index (κ3) is 3.74. The Morgan fingerprint density at radius 1 is 1.20 bits per heavy atom. The predicted molar refractivity (Wildman–Crippen MR) is 61.5 cm³/mol. The first-order valence-corrected chi connectivity index (χ1v) is 5.08. The number of para-hydroxylation sites is 1. The Morgan fingerprint density at radius 3 is 2.20 bits per heavy atom. The van der Waals surface area contributed by atoms with E-state index in [0.717, 1.165) is 0 Å². The molecule has 0 unspecified atom stereocenters. The normalized spacial score (nSPS) is 10.9. The van der Waals surface area contributed by atoms with E-state index in [0.29, 0.717) is 5.75 Å². The Kier molecular flexibility index (Phi) is 4.03. The van der Waals surface area contributed by atoms with Crippen molar-refractivity contribution in [2.24, 2.45) is 0 Å². The molecule has 0 radical (unpaired) electrons. The molecule has 0 saturated heterocycles. The number of hydrogen-bond acceptors (Lipinski definition) is 2. The average Bonchev–Trinajstić information content (AvgIpc) is 2.16. The quantitative estimate of drug-likeness (QED) is 0.354. The summed E-state index contributed by atoms with van der Waals surface area (Å²) < 4.78 is 3.07. The van der Waals surface area contributed by atoms with Crippen molar-refractivity contribution in [1.29, 1.82) is 0 Å². The van der Waals surface area contributed by atoms with Crippen molar-refractivity contribution < 1.29 is 9.53 Å². The zero-order valence-electron chi connectivity index (χ0n) is 7.54. The van der Waals surface area contributed by atoms with Gasteiger partial charge < -0.3 is 4.74 Å². The van der Waals surface area contributed by atoms with Crippen LogP contribution in [0, 0.1) is 0 Å². The fraction of sp³-hybridized carbons (Fsp3) is 0.100. The molecular formula is C10H7Cl3O2. The maximum atomic E-state index is 11.4. The van der Waals surface area contributed by atoms with Crippen LogP contribution >= 0.6 is 34.8 Å². The second-order valence-electron chi connectivity index (χ2n) is 2.68. The van der Waals surface area contributed by atoms with Gasteiger partial charge in [0.2, 0.25) is 3.79 Å². The Labute approximate surface area is 102 Å². The molecule has 0 amide bonds. The van der Waals surface area contributed by atoms with Crippen LogP contribution in [0.1, 0.15) is 0 Å². The highest BCUT2D eigenvalue weighted by Gasteiger charge is 2.31. The zero-order chi connectivity index (χ0) is 11.5. The van der Waals surface area contributed by atoms with Gasteiger partial charge in [0.25, 0.3) is 0 Å². The van der Waals surface area contributed by atoms with Crippen LogP contribution in [0.2, 0.25) is 0 Å². The first kappa shape index (κ1) is 12.4. The summed E-state index contributed by atoms with van der Waals surface area (Å²) in [6.45, 7) is 3.35. The molecule has 0 saturated carbocycles. The first-order chi connectivity index (χ1) is 6.91. The number of ether oxygens (including phenoxy) is 1. The summed E-state index contributed by atoms with van der Waals surface area (Å²) in [6, 6.07) is 8.47. The lowest BCUT2D eigenvalue weighted by Gasteiger charge is -2.12. The minimum absolute atomic E-state index is 0.226. The second-order valence-corrected chi connectivity index (χ2v) is 4.96. The molecule has 0 aliphatic heterocycles. The van der Waals surface area contributed by atoms with Crippen molar-refractivity contribution in [3.8, 4) is 5.75 Å². The summed E-state index contributed by atoms with van der Waals surface area (Å²) in [4.78, 5) is 11.4. The van der Waals surface area contributed by atoms with Gasteiger partial charge in [0, 0.05) is 0 Å². The molecule has 0 N–H and O–H groups in total. The van der Waals surface area contributed by atoms with E-state index in [1.54, 1.807) is 30.3 Å². The van der Waals surface area contributed by atoms with E-state index in [-0.39, 0.29) is 5.57 Å². The van der Waals surface area contributed by atoms with E-state index in [1.165, 1.54) is 0 Å². The first-order valence-electron chi connectivity index (χ1n) is 3.94. The van der Waals surface area contributed by atoms with Crippen molar-refractivity contribution >= 4 is 40.8 Å². The van der Waals surface area contributed by atoms with E-state index < -0.39 is 9.76 Å². The molecule has 0 bridgehead atoms. The lowest BCUT2D eigenvalue weighted by Crippen LogP contribution is -2.20. The monoisotopic (exact) mass is 264 g/mol. The number of rotatable bonds is 2. The van der Waals surface area contributed by atoms with Crippen molar-refractivity contribution in [2.75, 3.05) is 0 Å². The summed E-state index contributed by atoms with van der Waals surface area (Å²) >= 11 is 16.4. The Bertz CT molecular complexity index is 368. The van der Waals surface area contributed by atoms with E-state index in [4.69, 9.17) is 39.5 Å². The minimum atomic E-state index is -1.84. The fourth-order valence-corrected chi connectivity index (χ4v) is 1.00. The maximum Gasteiger partial charge on any atom is 0.343 e. The van der Waals surface area contributed by atoms with Crippen LogP contribution in [0.5, 0.6) is 5.75 Å². The van der Waals surface area contributed by atoms with Crippen molar-refractivity contribution in [3.05, 3.63) is 42.5 Å². The number of hydrogen-bond donors (Lipinski definition) is 0. The lowest BCUT2D eigenvalue weighted by molar-refractivity contribution is -0.130. The number of halogens is 3. The Hall–Kier alpha value is -0.700. The summed E-state index contributed by atoms with van der Waals surface area (Å²) in [6.07, 6.45) is 0. The van der Waals surface area contributed by atoms with E-state index in [9.17, 15) is 4.79 Å². The molecule has 0 fully saturated rings. The summed E-state index contributed by atoms with van der Waals surface area (Å²) in [5.74, 6) is -0.390. The number of carbonyl (C=O) groups excluding carboxylic acids is 1. The third-order valence-electron chi connectivity index (χ3n) is 1.54. The largest absolute Gasteiger partial charge is 0.423 e. The van der Waals surface area contributed by atoms with Crippen molar-refractivity contribution in [1.82, 2.24) is 0 Å². The molecule has 1 rings (SSSR count). The molecule has 0 heterocycles. The molecule has 80 valence electrons. The molecular weight excluding hydrogens is 258 g/mol. The van der Waals surface area contributed by atoms with Crippen LogP contribution in [0.15, 0.2) is 42.5 Å². The Morgan fingerprint density at radius 2 is 1.73 bits per heavy atom. The van der Waals surface area contributed by atoms with Gasteiger partial charge in [0.05, 0.1) is 5.57 Å². The average molecular weight is 266 g/mol. The van der Waals surface area contributed by atoms with E-state index >= 15 is 0 Å². The standard InChI is InChI=1S/C10H7Cl3O2/c1-7(10(11,12)13)9(14)15-8-5-3-2-4-6-8/h2-6H,1H2. The highest BCUT2D eigenvalue weighted by molar-refractivity contribution is 6.70. The molecule has 0 aliphatic rings. The van der Waals surface area contributed by atoms with Crippen molar-refractivity contribution in [3.63, 3.8) is 0 Å². The van der Waals surface area contributed by atoms with Crippen LogP contribution in [0.4, 0.5) is 0 Å². The molecule has 0 aliphatic carbocycles. The van der Waals surface area contributed by atoms with Gasteiger partial charge >= 0.3 is 5.97 Å². The van der Waals surface area contributed by atoms with Crippen molar-refractivity contribution in [2.45, 2.75) is 3.79 Å². The Balaban J connectivity index is 2.69. The number of benzene rings is 1. The van der Waals surface area contributed by atoms with Gasteiger partial charge in [-0.05, 0) is 12.1 Å². The van der Waals surface area contributed by atoms with Crippen LogP contribution in [-0.2, 0) is 4.79 Å². The molecule has 15 heavy (non-hydrogen) atoms. The number of alkyl halides is 3. The van der Waals surface area contributed by atoms with Gasteiger partial charge in [-0.2, -0.15) is 0 Å². The van der Waals surface area contributed by atoms with Crippen LogP contribution < -0.4 is 4.74 Å². The molecule has 0 spiro atoms. The second kappa shape index (κ2) is 4.88. The maximum absolute atomic E-state index is 11.4. The lowest BCUT2D eigenvalue weighted by atomic mass is 10.3. The number of esters is 1. The van der Waals surface area contributed by atoms with Gasteiger partial charge in [-0.1, -0.05) is 59.6 Å². The SMILES string of the molecule is C=C(C(=O)Oc1ccccc1)C(Cl)(Cl)Cl. The highest BCUT2D eigenvalue weighted by Crippen LogP contribution is 2.34. The van der Waals surface area contributed by atoms with Gasteiger partial charge in [0.1, 0.15) is 5.75 Å². The van der Waals surface area contributed by atoms with Crippen LogP contribution in [-0.4, -0.2) is 9.76 Å². The van der Waals surface area contributed by atoms with Crippen LogP contribution in [0.25, 0.3) is 0 Å². The predicted octanol–water partition coefficient (Wildman–Crippen LogP) is 3.52. The number of carbonyl (C=O) groups is 1. The smallest absolute Gasteiger partial charge is 0.343 e. The van der Waals surface area contributed by atoms with Gasteiger partial charge in [-0.25, -0.2) is 4.79 Å². The minimum Gasteiger partial charge on any atom is -0.423 e. The van der Waals surface area contributed by atoms with Gasteiger partial charge in [0.15, 0.2) is 0 Å². The topological polar surface area (TPSA) is 26.3 Å². The molecule has 5 heteroatoms. The molecule has 0 aromatic heterocycles. The summed E-state index contributed by atoms with van der Waals surface area (Å²) in [5, 5.41) is 0. The van der Waals surface area contributed by atoms with Gasteiger partial charge in [-0.15, -0.1) is 0 Å². The molecule has 2 nitrogen and oxygen atoms in total. The fourth-order valence-electron chi connectivity index (χ4n) is 0.773. The summed E-state index contributed by atoms with van der Waals surface area (Å²) in [5.41, 5.74) is -0.226. The zero-order valence-corrected chi connectivity index (χ0v) is 9.81. The molecule has 1 aromatic carbocycles. The highest BCUT2D eigenvalue weighted by atomic mass is 35.6. The van der Waals surface area contributed by atoms with E-state index in [2.05, 4.69) is 6.58 Å². The molecule has 1 aromatic rings.